The lowest BCUT2D eigenvalue weighted by molar-refractivity contribution is -0.153. The molecule has 184 valence electrons. The van der Waals surface area contributed by atoms with Gasteiger partial charge in [-0.25, -0.2) is 4.98 Å². The van der Waals surface area contributed by atoms with E-state index in [1.54, 1.807) is 32.1 Å². The van der Waals surface area contributed by atoms with Gasteiger partial charge in [0, 0.05) is 17.7 Å². The number of rotatable bonds is 2. The molecular weight excluding hydrogens is 438 g/mol. The molecule has 0 aromatic carbocycles. The molecule has 0 fully saturated rings. The normalized spacial score (nSPS) is 32.4. The Balaban J connectivity index is 2.27. The number of nitrogens with zero attached hydrogens (tertiary/aromatic N) is 1. The van der Waals surface area contributed by atoms with Crippen LogP contribution in [0.25, 0.3) is 6.08 Å². The van der Waals surface area contributed by atoms with Crippen molar-refractivity contribution < 1.29 is 24.5 Å². The minimum absolute atomic E-state index is 0.0418. The maximum atomic E-state index is 13.1. The molecule has 1 aromatic rings. The zero-order valence-electron chi connectivity index (χ0n) is 20.7. The maximum absolute atomic E-state index is 13.1. The first-order chi connectivity index (χ1) is 15.4. The van der Waals surface area contributed by atoms with Crippen LogP contribution >= 0.6 is 11.3 Å². The van der Waals surface area contributed by atoms with Gasteiger partial charge in [-0.2, -0.15) is 0 Å². The van der Waals surface area contributed by atoms with E-state index in [1.807, 2.05) is 31.4 Å². The smallest absolute Gasteiger partial charge is 0.309 e. The molecule has 0 aliphatic carbocycles. The van der Waals surface area contributed by atoms with Crippen molar-refractivity contribution in [1.82, 2.24) is 4.98 Å². The summed E-state index contributed by atoms with van der Waals surface area (Å²) in [5, 5.41) is 24.4. The number of aryl methyl sites for hydroxylation is 1. The Morgan fingerprint density at radius 2 is 1.91 bits per heavy atom. The van der Waals surface area contributed by atoms with E-state index in [0.29, 0.717) is 6.42 Å². The van der Waals surface area contributed by atoms with Crippen LogP contribution in [-0.2, 0) is 14.3 Å². The summed E-state index contributed by atoms with van der Waals surface area (Å²) in [6.45, 7) is 10.9. The summed E-state index contributed by atoms with van der Waals surface area (Å²) in [5.41, 5.74) is 0.818. The Kier molecular flexibility index (Phi) is 10.0. The van der Waals surface area contributed by atoms with Crippen LogP contribution in [0.3, 0.4) is 0 Å². The van der Waals surface area contributed by atoms with Crippen molar-refractivity contribution in [2.75, 3.05) is 0 Å². The van der Waals surface area contributed by atoms with Crippen molar-refractivity contribution in [3.05, 3.63) is 33.8 Å². The van der Waals surface area contributed by atoms with Crippen LogP contribution in [-0.4, -0.2) is 45.3 Å². The molecule has 0 spiro atoms. The van der Waals surface area contributed by atoms with Crippen molar-refractivity contribution in [1.29, 1.82) is 0 Å². The van der Waals surface area contributed by atoms with Crippen molar-refractivity contribution in [2.45, 2.75) is 92.0 Å². The van der Waals surface area contributed by atoms with Crippen LogP contribution in [0.2, 0.25) is 0 Å². The first-order valence-corrected chi connectivity index (χ1v) is 12.7. The van der Waals surface area contributed by atoms with Crippen LogP contribution in [0.1, 0.15) is 77.4 Å². The van der Waals surface area contributed by atoms with Gasteiger partial charge >= 0.3 is 5.97 Å². The van der Waals surface area contributed by atoms with E-state index < -0.39 is 35.6 Å². The highest BCUT2D eigenvalue weighted by Gasteiger charge is 2.42. The number of thiazole rings is 1. The lowest BCUT2D eigenvalue weighted by Gasteiger charge is -2.34. The third-order valence-electron chi connectivity index (χ3n) is 6.67. The highest BCUT2D eigenvalue weighted by Crippen LogP contribution is 2.32. The van der Waals surface area contributed by atoms with Gasteiger partial charge in [0.1, 0.15) is 11.9 Å². The van der Waals surface area contributed by atoms with Gasteiger partial charge < -0.3 is 14.9 Å². The standard InChI is InChI=1S/C26H39NO5S/c1-16-8-7-9-17(2)24(30)18(3)25(31)26(5,6)22(28)14-23(29)32-21(12-10-16)13-11-20-15-33-19(4)27-20/h10-11,13,15,17-18,21-22,24,28,30H,7-9,12,14H2,1-6H3/b13-11+,16-10-/t17-,18+,21?,22-,24-/m0/s1. The lowest BCUT2D eigenvalue weighted by Crippen LogP contribution is -2.45. The number of cyclic esters (lactones) is 1. The summed E-state index contributed by atoms with van der Waals surface area (Å²) in [6.07, 6.45) is 6.04. The molecule has 0 saturated heterocycles. The van der Waals surface area contributed by atoms with Crippen LogP contribution in [0.15, 0.2) is 23.1 Å². The number of Topliss-reactive ketones (excluding diaryl/α,β-unsaturated/α-hetero) is 1. The number of hydrogen-bond acceptors (Lipinski definition) is 7. The minimum Gasteiger partial charge on any atom is -0.458 e. The number of carbonyl (C=O) groups is 2. The highest BCUT2D eigenvalue weighted by molar-refractivity contribution is 7.09. The van der Waals surface area contributed by atoms with E-state index in [0.717, 1.165) is 30.0 Å². The monoisotopic (exact) mass is 477 g/mol. The molecule has 0 bridgehead atoms. The molecule has 6 nitrogen and oxygen atoms in total. The number of carbonyl (C=O) groups excluding carboxylic acids is 2. The van der Waals surface area contributed by atoms with Gasteiger partial charge in [-0.1, -0.05) is 39.3 Å². The molecule has 0 saturated carbocycles. The first-order valence-electron chi connectivity index (χ1n) is 11.8. The molecule has 33 heavy (non-hydrogen) atoms. The van der Waals surface area contributed by atoms with Crippen LogP contribution in [0.5, 0.6) is 0 Å². The molecule has 1 aliphatic rings. The van der Waals surface area contributed by atoms with Gasteiger partial charge in [0.25, 0.3) is 0 Å². The Morgan fingerprint density at radius 1 is 1.21 bits per heavy atom. The summed E-state index contributed by atoms with van der Waals surface area (Å²) in [5.74, 6) is -1.49. The second-order valence-electron chi connectivity index (χ2n) is 9.92. The minimum atomic E-state index is -1.21. The Labute approximate surface area is 201 Å². The summed E-state index contributed by atoms with van der Waals surface area (Å²) in [6, 6.07) is 0. The largest absolute Gasteiger partial charge is 0.458 e. The molecule has 2 rings (SSSR count). The lowest BCUT2D eigenvalue weighted by atomic mass is 9.73. The second-order valence-corrected chi connectivity index (χ2v) is 11.0. The zero-order valence-corrected chi connectivity index (χ0v) is 21.5. The summed E-state index contributed by atoms with van der Waals surface area (Å²) >= 11 is 1.55. The average molecular weight is 478 g/mol. The van der Waals surface area contributed by atoms with E-state index in [2.05, 4.69) is 18.0 Å². The van der Waals surface area contributed by atoms with Gasteiger partial charge in [-0.3, -0.25) is 9.59 Å². The quantitative estimate of drug-likeness (QED) is 0.466. The van der Waals surface area contributed by atoms with E-state index in [9.17, 15) is 19.8 Å². The average Bonchev–Trinajstić information content (AvgIpc) is 3.18. The number of ketones is 1. The molecule has 1 aliphatic heterocycles. The predicted octanol–water partition coefficient (Wildman–Crippen LogP) is 4.88. The van der Waals surface area contributed by atoms with Crippen molar-refractivity contribution in [3.63, 3.8) is 0 Å². The fraction of sp³-hybridized carbons (Fsp3) is 0.654. The number of ether oxygens (including phenoxy) is 1. The third-order valence-corrected chi connectivity index (χ3v) is 7.46. The fourth-order valence-corrected chi connectivity index (χ4v) is 4.73. The molecule has 5 atom stereocenters. The number of aliphatic hydroxyl groups excluding tert-OH is 2. The number of esters is 1. The predicted molar refractivity (Wildman–Crippen MR) is 132 cm³/mol. The summed E-state index contributed by atoms with van der Waals surface area (Å²) in [7, 11) is 0. The van der Waals surface area contributed by atoms with Crippen molar-refractivity contribution in [3.8, 4) is 0 Å². The van der Waals surface area contributed by atoms with Gasteiger partial charge in [0.15, 0.2) is 0 Å². The fourth-order valence-electron chi connectivity index (χ4n) is 4.15. The van der Waals surface area contributed by atoms with Crippen molar-refractivity contribution in [2.24, 2.45) is 17.3 Å². The van der Waals surface area contributed by atoms with E-state index >= 15 is 0 Å². The molecule has 7 heteroatoms. The van der Waals surface area contributed by atoms with E-state index in [-0.39, 0.29) is 18.1 Å². The van der Waals surface area contributed by atoms with Gasteiger partial charge in [0.2, 0.25) is 0 Å². The Bertz CT molecular complexity index is 872. The molecule has 1 unspecified atom stereocenters. The van der Waals surface area contributed by atoms with Crippen LogP contribution in [0, 0.1) is 24.2 Å². The van der Waals surface area contributed by atoms with Gasteiger partial charge in [-0.15, -0.1) is 11.3 Å². The molecule has 0 radical (unpaired) electrons. The van der Waals surface area contributed by atoms with E-state index in [1.165, 1.54) is 5.57 Å². The number of aliphatic hydroxyl groups is 2. The van der Waals surface area contributed by atoms with Gasteiger partial charge in [0.05, 0.1) is 34.7 Å². The Hall–Kier alpha value is -1.83. The van der Waals surface area contributed by atoms with Crippen LogP contribution < -0.4 is 0 Å². The number of aromatic nitrogens is 1. The first kappa shape index (κ1) is 27.4. The van der Waals surface area contributed by atoms with Crippen molar-refractivity contribution >= 4 is 29.2 Å². The van der Waals surface area contributed by atoms with Crippen LogP contribution in [0.4, 0.5) is 0 Å². The molecule has 0 amide bonds. The number of allylic oxidation sites excluding steroid dienone is 1. The SMILES string of the molecule is C/C1=C/CC(/C=C/c2csc(C)n2)OC(=O)C[C@H](O)C(C)(C)C(=O)[C@H](C)[C@@H](O)[C@@H](C)CCC1. The molecule has 2 heterocycles. The third kappa shape index (κ3) is 7.87. The molecule has 2 N–H and O–H groups in total. The highest BCUT2D eigenvalue weighted by atomic mass is 32.1. The number of hydrogen-bond donors (Lipinski definition) is 2. The topological polar surface area (TPSA) is 96.7 Å². The van der Waals surface area contributed by atoms with E-state index in [4.69, 9.17) is 4.74 Å². The molecular formula is C26H39NO5S. The second kappa shape index (κ2) is 12.0. The summed E-state index contributed by atoms with van der Waals surface area (Å²) in [4.78, 5) is 30.2. The van der Waals surface area contributed by atoms with Gasteiger partial charge in [-0.05, 0) is 51.2 Å². The maximum Gasteiger partial charge on any atom is 0.309 e. The Morgan fingerprint density at radius 3 is 2.55 bits per heavy atom. The zero-order chi connectivity index (χ0) is 24.8. The molecule has 1 aromatic heterocycles. The summed E-state index contributed by atoms with van der Waals surface area (Å²) < 4.78 is 5.68.